The van der Waals surface area contributed by atoms with E-state index in [1.165, 1.54) is 0 Å². The van der Waals surface area contributed by atoms with Gasteiger partial charge in [0.1, 0.15) is 4.60 Å². The molecule has 1 rings (SSSR count). The van der Waals surface area contributed by atoms with Gasteiger partial charge < -0.3 is 0 Å². The van der Waals surface area contributed by atoms with E-state index in [9.17, 15) is 0 Å². The average molecular weight is 157 g/mol. The predicted octanol–water partition coefficient (Wildman–Crippen LogP) is 1.64. The number of nitrogens with zero attached hydrogens (tertiary/aromatic N) is 1. The highest BCUT2D eigenvalue weighted by molar-refractivity contribution is 9.10. The molecule has 7 heavy (non-hydrogen) atoms. The Morgan fingerprint density at radius 2 is 2.57 bits per heavy atom. The van der Waals surface area contributed by atoms with E-state index in [0.29, 0.717) is 0 Å². The van der Waals surface area contributed by atoms with Crippen molar-refractivity contribution in [2.24, 2.45) is 0 Å². The second-order valence-electron chi connectivity index (χ2n) is 1.07. The Hall–Kier alpha value is -0.370. The van der Waals surface area contributed by atoms with E-state index >= 15 is 0 Å². The molecule has 1 nitrogen and oxygen atoms in total. The number of aromatic nitrogens is 1. The van der Waals surface area contributed by atoms with Gasteiger partial charge in [-0.3, -0.25) is 0 Å². The molecular weight excluding hydrogens is 154 g/mol. The smallest absolute Gasteiger partial charge is 0.113 e. The van der Waals surface area contributed by atoms with Crippen LogP contribution < -0.4 is 0 Å². The summed E-state index contributed by atoms with van der Waals surface area (Å²) in [4.78, 5) is 3.84. The largest absolute Gasteiger partial charge is 0.249 e. The van der Waals surface area contributed by atoms with Crippen molar-refractivity contribution in [1.29, 1.82) is 0 Å². The van der Waals surface area contributed by atoms with Crippen LogP contribution in [-0.4, -0.2) is 4.98 Å². The molecule has 0 atom stereocenters. The van der Waals surface area contributed by atoms with Crippen molar-refractivity contribution < 1.29 is 0 Å². The average Bonchev–Trinajstić information content (AvgIpc) is 1.69. The highest BCUT2D eigenvalue weighted by atomic mass is 79.9. The lowest BCUT2D eigenvalue weighted by molar-refractivity contribution is 1.27. The lowest BCUT2D eigenvalue weighted by Crippen LogP contribution is -1.67. The first-order chi connectivity index (χ1) is 3.39. The van der Waals surface area contributed by atoms with Crippen LogP contribution in [0.2, 0.25) is 0 Å². The summed E-state index contributed by atoms with van der Waals surface area (Å²) in [6, 6.07) is 6.46. The van der Waals surface area contributed by atoms with Crippen LogP contribution in [0.1, 0.15) is 0 Å². The van der Waals surface area contributed by atoms with Crippen molar-refractivity contribution in [2.45, 2.75) is 0 Å². The van der Waals surface area contributed by atoms with Gasteiger partial charge >= 0.3 is 0 Å². The molecule has 0 aromatic carbocycles. The van der Waals surface area contributed by atoms with Gasteiger partial charge in [-0.2, -0.15) is 0 Å². The minimum absolute atomic E-state index is 0.759. The minimum atomic E-state index is 0.759. The van der Waals surface area contributed by atoms with Gasteiger partial charge in [0.25, 0.3) is 0 Å². The fraction of sp³-hybridized carbons (Fsp3) is 0. The van der Waals surface area contributed by atoms with Crippen molar-refractivity contribution in [1.82, 2.24) is 4.98 Å². The summed E-state index contributed by atoms with van der Waals surface area (Å²) >= 11 is 3.14. The fourth-order valence-electron chi connectivity index (χ4n) is 0.306. The van der Waals surface area contributed by atoms with E-state index in [-0.39, 0.29) is 0 Å². The summed E-state index contributed by atoms with van der Waals surface area (Å²) < 4.78 is 0.759. The normalized spacial score (nSPS) is 8.71. The number of pyridine rings is 1. The molecule has 0 spiro atoms. The Kier molecular flexibility index (Phi) is 1.42. The van der Waals surface area contributed by atoms with Crippen molar-refractivity contribution >= 4 is 15.9 Å². The Balaban J connectivity index is 3.02. The third-order valence-corrected chi connectivity index (χ3v) is 1.01. The number of hydrogen-bond donors (Lipinski definition) is 0. The van der Waals surface area contributed by atoms with Gasteiger partial charge in [0.2, 0.25) is 0 Å². The standard InChI is InChI=1S/C5H3BrN/c6-5-3-1-2-4-7-5/h1-2,4H. The van der Waals surface area contributed by atoms with Gasteiger partial charge in [0, 0.05) is 12.3 Å². The zero-order chi connectivity index (χ0) is 5.11. The van der Waals surface area contributed by atoms with Crippen molar-refractivity contribution in [3.05, 3.63) is 29.0 Å². The summed E-state index contributed by atoms with van der Waals surface area (Å²) in [5.41, 5.74) is 0. The summed E-state index contributed by atoms with van der Waals surface area (Å²) in [7, 11) is 0. The molecular formula is C5H3BrN. The molecule has 1 heterocycles. The SMILES string of the molecule is Brc1[c]cccn1. The van der Waals surface area contributed by atoms with Gasteiger partial charge in [-0.1, -0.05) is 6.07 Å². The molecule has 0 fully saturated rings. The lowest BCUT2D eigenvalue weighted by Gasteiger charge is -1.79. The maximum Gasteiger partial charge on any atom is 0.113 e. The van der Waals surface area contributed by atoms with Crippen LogP contribution in [-0.2, 0) is 0 Å². The summed E-state index contributed by atoms with van der Waals surface area (Å²) in [6.07, 6.45) is 1.71. The quantitative estimate of drug-likeness (QED) is 0.521. The molecule has 0 aliphatic rings. The Morgan fingerprint density at radius 3 is 2.86 bits per heavy atom. The topological polar surface area (TPSA) is 12.9 Å². The second-order valence-corrected chi connectivity index (χ2v) is 1.82. The van der Waals surface area contributed by atoms with E-state index in [1.807, 2.05) is 6.07 Å². The molecule has 0 N–H and O–H groups in total. The maximum atomic E-state index is 3.84. The Labute approximate surface area is 50.5 Å². The maximum absolute atomic E-state index is 3.84. The van der Waals surface area contributed by atoms with Crippen molar-refractivity contribution in [3.63, 3.8) is 0 Å². The van der Waals surface area contributed by atoms with Crippen LogP contribution in [0.5, 0.6) is 0 Å². The van der Waals surface area contributed by atoms with E-state index in [1.54, 1.807) is 12.3 Å². The first kappa shape index (κ1) is 4.78. The highest BCUT2D eigenvalue weighted by Crippen LogP contribution is 1.99. The molecule has 0 aliphatic carbocycles. The van der Waals surface area contributed by atoms with Crippen LogP contribution in [0, 0.1) is 6.07 Å². The summed E-state index contributed by atoms with van der Waals surface area (Å²) in [6.45, 7) is 0. The van der Waals surface area contributed by atoms with E-state index in [0.717, 1.165) is 4.60 Å². The Bertz CT molecular complexity index is 138. The van der Waals surface area contributed by atoms with E-state index < -0.39 is 0 Å². The van der Waals surface area contributed by atoms with Gasteiger partial charge in [-0.05, 0) is 22.0 Å². The monoisotopic (exact) mass is 156 g/mol. The summed E-state index contributed by atoms with van der Waals surface area (Å²) in [5.74, 6) is 0. The van der Waals surface area contributed by atoms with E-state index in [4.69, 9.17) is 0 Å². The van der Waals surface area contributed by atoms with Crippen LogP contribution >= 0.6 is 15.9 Å². The molecule has 1 radical (unpaired) electrons. The number of rotatable bonds is 0. The predicted molar refractivity (Wildman–Crippen MR) is 30.8 cm³/mol. The molecule has 0 bridgehead atoms. The molecule has 0 saturated carbocycles. The van der Waals surface area contributed by atoms with Crippen molar-refractivity contribution in [2.75, 3.05) is 0 Å². The summed E-state index contributed by atoms with van der Waals surface area (Å²) in [5, 5.41) is 0. The van der Waals surface area contributed by atoms with Crippen molar-refractivity contribution in [3.8, 4) is 0 Å². The minimum Gasteiger partial charge on any atom is -0.249 e. The molecule has 1 aromatic heterocycles. The van der Waals surface area contributed by atoms with Gasteiger partial charge in [-0.25, -0.2) is 4.98 Å². The molecule has 35 valence electrons. The van der Waals surface area contributed by atoms with Crippen LogP contribution in [0.4, 0.5) is 0 Å². The van der Waals surface area contributed by atoms with Crippen LogP contribution in [0.15, 0.2) is 22.9 Å². The molecule has 2 heteroatoms. The van der Waals surface area contributed by atoms with Gasteiger partial charge in [-0.15, -0.1) is 0 Å². The fourth-order valence-corrected chi connectivity index (χ4v) is 0.556. The number of hydrogen-bond acceptors (Lipinski definition) is 1. The molecule has 0 saturated heterocycles. The van der Waals surface area contributed by atoms with E-state index in [2.05, 4.69) is 27.0 Å². The molecule has 0 unspecified atom stereocenters. The highest BCUT2D eigenvalue weighted by Gasteiger charge is 1.77. The van der Waals surface area contributed by atoms with Crippen LogP contribution in [0.25, 0.3) is 0 Å². The number of halogens is 1. The second kappa shape index (κ2) is 2.07. The first-order valence-corrected chi connectivity index (χ1v) is 2.67. The zero-order valence-corrected chi connectivity index (χ0v) is 5.14. The molecule has 1 aromatic rings. The molecule has 0 amide bonds. The molecule has 0 aliphatic heterocycles. The van der Waals surface area contributed by atoms with Gasteiger partial charge in [0.15, 0.2) is 0 Å². The third-order valence-electron chi connectivity index (χ3n) is 0.573. The van der Waals surface area contributed by atoms with Gasteiger partial charge in [0.05, 0.1) is 0 Å². The lowest BCUT2D eigenvalue weighted by atomic mass is 10.5. The zero-order valence-electron chi connectivity index (χ0n) is 3.56. The first-order valence-electron chi connectivity index (χ1n) is 1.88. The van der Waals surface area contributed by atoms with Crippen LogP contribution in [0.3, 0.4) is 0 Å². The third kappa shape index (κ3) is 1.27. The Morgan fingerprint density at radius 1 is 1.71 bits per heavy atom.